The molecule has 0 saturated carbocycles. The Kier molecular flexibility index (Phi) is 4.73. The maximum atomic E-state index is 11.9. The monoisotopic (exact) mass is 325 g/mol. The second kappa shape index (κ2) is 6.51. The summed E-state index contributed by atoms with van der Waals surface area (Å²) in [6.07, 6.45) is 6.13. The van der Waals surface area contributed by atoms with Gasteiger partial charge in [-0.25, -0.2) is 0 Å². The van der Waals surface area contributed by atoms with Crippen molar-refractivity contribution < 1.29 is 4.79 Å². The first-order valence-corrected chi connectivity index (χ1v) is 6.98. The van der Waals surface area contributed by atoms with Crippen LogP contribution in [0.1, 0.15) is 23.8 Å². The van der Waals surface area contributed by atoms with Gasteiger partial charge in [-0.2, -0.15) is 10.2 Å². The Morgan fingerprint density at radius 1 is 1.47 bits per heavy atom. The van der Waals surface area contributed by atoms with Crippen molar-refractivity contribution >= 4 is 21.8 Å². The van der Waals surface area contributed by atoms with E-state index in [0.29, 0.717) is 18.8 Å². The van der Waals surface area contributed by atoms with Crippen LogP contribution in [-0.4, -0.2) is 32.0 Å². The van der Waals surface area contributed by atoms with Crippen molar-refractivity contribution in [1.82, 2.24) is 24.9 Å². The maximum absolute atomic E-state index is 11.9. The number of nitrogens with zero attached hydrogens (tertiary/aromatic N) is 4. The molecular formula is C12H16BrN5O. The van der Waals surface area contributed by atoms with E-state index in [2.05, 4.69) is 31.4 Å². The number of rotatable bonds is 6. The van der Waals surface area contributed by atoms with Gasteiger partial charge in [0.25, 0.3) is 5.91 Å². The van der Waals surface area contributed by atoms with Gasteiger partial charge in [-0.3, -0.25) is 14.2 Å². The molecule has 19 heavy (non-hydrogen) atoms. The zero-order chi connectivity index (χ0) is 13.7. The van der Waals surface area contributed by atoms with E-state index >= 15 is 0 Å². The van der Waals surface area contributed by atoms with E-state index in [0.717, 1.165) is 17.4 Å². The Hall–Kier alpha value is -1.63. The lowest BCUT2D eigenvalue weighted by atomic mass is 10.3. The van der Waals surface area contributed by atoms with Crippen molar-refractivity contribution in [2.24, 2.45) is 0 Å². The highest BCUT2D eigenvalue weighted by molar-refractivity contribution is 9.10. The Labute approximate surface area is 119 Å². The molecule has 7 heteroatoms. The Bertz CT molecular complexity index is 548. The van der Waals surface area contributed by atoms with E-state index in [9.17, 15) is 4.79 Å². The molecule has 1 N–H and O–H groups in total. The molecule has 0 saturated heterocycles. The SMILES string of the molecule is CCn1nccc1C(=O)NCCCn1cc(Br)cn1. The highest BCUT2D eigenvalue weighted by Gasteiger charge is 2.09. The third-order valence-electron chi connectivity index (χ3n) is 2.70. The van der Waals surface area contributed by atoms with Crippen molar-refractivity contribution in [3.63, 3.8) is 0 Å². The van der Waals surface area contributed by atoms with Gasteiger partial charge in [0, 0.05) is 32.0 Å². The predicted molar refractivity (Wildman–Crippen MR) is 74.8 cm³/mol. The number of hydrogen-bond donors (Lipinski definition) is 1. The minimum Gasteiger partial charge on any atom is -0.351 e. The van der Waals surface area contributed by atoms with Crippen molar-refractivity contribution in [3.05, 3.63) is 34.8 Å². The molecule has 6 nitrogen and oxygen atoms in total. The van der Waals surface area contributed by atoms with Crippen molar-refractivity contribution in [2.75, 3.05) is 6.54 Å². The number of nitrogens with one attached hydrogen (secondary N) is 1. The van der Waals surface area contributed by atoms with Crippen molar-refractivity contribution in [3.8, 4) is 0 Å². The van der Waals surface area contributed by atoms with Crippen LogP contribution in [0.4, 0.5) is 0 Å². The van der Waals surface area contributed by atoms with Crippen LogP contribution in [0.25, 0.3) is 0 Å². The first-order valence-electron chi connectivity index (χ1n) is 6.18. The molecule has 2 rings (SSSR count). The first-order chi connectivity index (χ1) is 9.20. The second-order valence-corrected chi connectivity index (χ2v) is 4.98. The molecule has 0 aliphatic heterocycles. The smallest absolute Gasteiger partial charge is 0.269 e. The van der Waals surface area contributed by atoms with Crippen LogP contribution in [0.3, 0.4) is 0 Å². The number of carbonyl (C=O) groups is 1. The zero-order valence-electron chi connectivity index (χ0n) is 10.7. The fraction of sp³-hybridized carbons (Fsp3) is 0.417. The average molecular weight is 326 g/mol. The number of amides is 1. The summed E-state index contributed by atoms with van der Waals surface area (Å²) in [5, 5.41) is 11.1. The summed E-state index contributed by atoms with van der Waals surface area (Å²) in [5.41, 5.74) is 0.601. The summed E-state index contributed by atoms with van der Waals surface area (Å²) in [4.78, 5) is 11.9. The summed E-state index contributed by atoms with van der Waals surface area (Å²) in [7, 11) is 0. The van der Waals surface area contributed by atoms with Gasteiger partial charge in [-0.15, -0.1) is 0 Å². The van der Waals surface area contributed by atoms with Gasteiger partial charge < -0.3 is 5.32 Å². The topological polar surface area (TPSA) is 64.7 Å². The van der Waals surface area contributed by atoms with Gasteiger partial charge in [-0.1, -0.05) is 0 Å². The Balaban J connectivity index is 1.75. The second-order valence-electron chi connectivity index (χ2n) is 4.06. The van der Waals surface area contributed by atoms with E-state index in [1.54, 1.807) is 23.1 Å². The fourth-order valence-electron chi connectivity index (χ4n) is 1.77. The van der Waals surface area contributed by atoms with E-state index in [1.807, 2.05) is 17.8 Å². The molecule has 0 atom stereocenters. The van der Waals surface area contributed by atoms with Crippen LogP contribution >= 0.6 is 15.9 Å². The number of hydrogen-bond acceptors (Lipinski definition) is 3. The van der Waals surface area contributed by atoms with Crippen LogP contribution < -0.4 is 5.32 Å². The third kappa shape index (κ3) is 3.66. The van der Waals surface area contributed by atoms with Crippen LogP contribution in [0, 0.1) is 0 Å². The van der Waals surface area contributed by atoms with E-state index < -0.39 is 0 Å². The van der Waals surface area contributed by atoms with Gasteiger partial charge >= 0.3 is 0 Å². The summed E-state index contributed by atoms with van der Waals surface area (Å²) in [5.74, 6) is -0.0824. The zero-order valence-corrected chi connectivity index (χ0v) is 12.3. The molecule has 0 fully saturated rings. The van der Waals surface area contributed by atoms with Crippen LogP contribution in [0.15, 0.2) is 29.1 Å². The summed E-state index contributed by atoms with van der Waals surface area (Å²) < 4.78 is 4.48. The highest BCUT2D eigenvalue weighted by atomic mass is 79.9. The molecule has 0 unspecified atom stereocenters. The Morgan fingerprint density at radius 2 is 2.32 bits per heavy atom. The summed E-state index contributed by atoms with van der Waals surface area (Å²) >= 11 is 3.34. The molecule has 0 spiro atoms. The normalized spacial score (nSPS) is 10.6. The molecule has 0 aliphatic rings. The molecule has 0 aliphatic carbocycles. The molecular weight excluding hydrogens is 310 g/mol. The lowest BCUT2D eigenvalue weighted by molar-refractivity contribution is 0.0942. The molecule has 0 bridgehead atoms. The van der Waals surface area contributed by atoms with Gasteiger partial charge in [0.05, 0.1) is 10.7 Å². The average Bonchev–Trinajstić information content (AvgIpc) is 3.02. The number of carbonyl (C=O) groups excluding carboxylic acids is 1. The number of aromatic nitrogens is 4. The fourth-order valence-corrected chi connectivity index (χ4v) is 2.10. The Morgan fingerprint density at radius 3 is 3.00 bits per heavy atom. The molecule has 0 aromatic carbocycles. The third-order valence-corrected chi connectivity index (χ3v) is 3.11. The quantitative estimate of drug-likeness (QED) is 0.822. The first kappa shape index (κ1) is 13.8. The maximum Gasteiger partial charge on any atom is 0.269 e. The van der Waals surface area contributed by atoms with E-state index in [4.69, 9.17) is 0 Å². The van der Waals surface area contributed by atoms with E-state index in [-0.39, 0.29) is 5.91 Å². The molecule has 0 radical (unpaired) electrons. The largest absolute Gasteiger partial charge is 0.351 e. The number of halogens is 1. The molecule has 2 aromatic heterocycles. The lowest BCUT2D eigenvalue weighted by Gasteiger charge is -2.06. The molecule has 2 heterocycles. The van der Waals surface area contributed by atoms with E-state index in [1.165, 1.54) is 0 Å². The minimum atomic E-state index is -0.0824. The lowest BCUT2D eigenvalue weighted by Crippen LogP contribution is -2.27. The number of aryl methyl sites for hydroxylation is 2. The van der Waals surface area contributed by atoms with Gasteiger partial charge in [-0.05, 0) is 35.3 Å². The predicted octanol–water partition coefficient (Wildman–Crippen LogP) is 1.68. The van der Waals surface area contributed by atoms with Gasteiger partial charge in [0.1, 0.15) is 5.69 Å². The highest BCUT2D eigenvalue weighted by Crippen LogP contribution is 2.06. The van der Waals surface area contributed by atoms with Crippen LogP contribution in [0.2, 0.25) is 0 Å². The van der Waals surface area contributed by atoms with Crippen LogP contribution in [-0.2, 0) is 13.1 Å². The molecule has 2 aromatic rings. The summed E-state index contributed by atoms with van der Waals surface area (Å²) in [6.45, 7) is 4.04. The standard InChI is InChI=1S/C12H16BrN5O/c1-2-18-11(4-6-15-18)12(19)14-5-3-7-17-9-10(13)8-16-17/h4,6,8-9H,2-3,5,7H2,1H3,(H,14,19). The van der Waals surface area contributed by atoms with Crippen molar-refractivity contribution in [1.29, 1.82) is 0 Å². The molecule has 1 amide bonds. The van der Waals surface area contributed by atoms with Gasteiger partial charge in [0.15, 0.2) is 0 Å². The van der Waals surface area contributed by atoms with Gasteiger partial charge in [0.2, 0.25) is 0 Å². The summed E-state index contributed by atoms with van der Waals surface area (Å²) in [6, 6.07) is 1.73. The van der Waals surface area contributed by atoms with Crippen LogP contribution in [0.5, 0.6) is 0 Å². The molecule has 102 valence electrons. The minimum absolute atomic E-state index is 0.0824. The van der Waals surface area contributed by atoms with Crippen molar-refractivity contribution in [2.45, 2.75) is 26.4 Å².